The Balaban J connectivity index is 0.000000405. The zero-order chi connectivity index (χ0) is 20.8. The molecular weight excluding hydrogens is 372 g/mol. The van der Waals surface area contributed by atoms with Crippen molar-refractivity contribution in [3.05, 3.63) is 25.3 Å². The molecule has 0 fully saturated rings. The Morgan fingerprint density at radius 3 is 1.63 bits per heavy atom. The van der Waals surface area contributed by atoms with E-state index in [9.17, 15) is 15.0 Å². The molecule has 0 amide bonds. The second-order valence-electron chi connectivity index (χ2n) is 5.76. The lowest BCUT2D eigenvalue weighted by atomic mass is 10.3. The van der Waals surface area contributed by atoms with Crippen LogP contribution in [-0.2, 0) is 4.79 Å². The smallest absolute Gasteiger partial charge is 0.318 e. The maximum Gasteiger partial charge on any atom is 0.318 e. The third-order valence-corrected chi connectivity index (χ3v) is 3.83. The minimum atomic E-state index is -0.980. The van der Waals surface area contributed by atoms with Gasteiger partial charge in [0.25, 0.3) is 0 Å². The molecule has 2 unspecified atom stereocenters. The van der Waals surface area contributed by atoms with Crippen LogP contribution in [0.4, 0.5) is 0 Å². The molecule has 3 N–H and O–H groups in total. The normalized spacial score (nSPS) is 17.5. The highest BCUT2D eigenvalue weighted by molar-refractivity contribution is 6.26. The summed E-state index contributed by atoms with van der Waals surface area (Å²) >= 11 is 4.74. The van der Waals surface area contributed by atoms with Gasteiger partial charge >= 0.3 is 5.97 Å². The Morgan fingerprint density at radius 2 is 1.41 bits per heavy atom. The Kier molecular flexibility index (Phi) is 13.2. The summed E-state index contributed by atoms with van der Waals surface area (Å²) in [7, 11) is 0. The number of carboxylic acids is 1. The van der Waals surface area contributed by atoms with Crippen LogP contribution in [0.2, 0.25) is 0 Å². The van der Waals surface area contributed by atoms with E-state index in [0.717, 1.165) is 50.7 Å². The monoisotopic (exact) mass is 402 g/mol. The van der Waals surface area contributed by atoms with Gasteiger partial charge in [0, 0.05) is 25.9 Å². The number of aliphatic imine (C=N–C) groups is 2. The molecule has 154 valence electrons. The molecule has 0 saturated carbocycles. The van der Waals surface area contributed by atoms with Crippen molar-refractivity contribution in [3.63, 3.8) is 0 Å². The van der Waals surface area contributed by atoms with Gasteiger partial charge in [0.15, 0.2) is 0 Å². The van der Waals surface area contributed by atoms with Gasteiger partial charge in [-0.05, 0) is 13.8 Å². The van der Waals surface area contributed by atoms with Crippen LogP contribution in [0, 0.1) is 0 Å². The number of carbonyl (C=O) groups is 1. The van der Waals surface area contributed by atoms with Gasteiger partial charge < -0.3 is 25.1 Å². The van der Waals surface area contributed by atoms with Crippen LogP contribution in [0.5, 0.6) is 0 Å². The first-order valence-electron chi connectivity index (χ1n) is 8.74. The number of rotatable bonds is 7. The van der Waals surface area contributed by atoms with Gasteiger partial charge in [-0.1, -0.05) is 12.2 Å². The average Bonchev–Trinajstić information content (AvgIpc) is 3.26. The molecule has 0 aromatic heterocycles. The standard InChI is InChI=1S/2C8H14N2O.C2H3ClO2/c2*1-3-4-8-9-5-6-10(8)7(2)11;3-1-2(4)5/h2*3,7,11H,1,4-6H2,2H3;1H2,(H,4,5). The zero-order valence-electron chi connectivity index (χ0n) is 16.1. The summed E-state index contributed by atoms with van der Waals surface area (Å²) in [6.45, 7) is 14.0. The molecule has 0 aliphatic carbocycles. The molecule has 2 atom stereocenters. The average molecular weight is 403 g/mol. The fraction of sp³-hybridized carbons (Fsp3) is 0.611. The maximum atomic E-state index is 9.26. The molecule has 0 bridgehead atoms. The van der Waals surface area contributed by atoms with E-state index in [1.165, 1.54) is 0 Å². The molecule has 9 heteroatoms. The maximum absolute atomic E-state index is 9.26. The predicted molar refractivity (Wildman–Crippen MR) is 109 cm³/mol. The van der Waals surface area contributed by atoms with Crippen molar-refractivity contribution in [1.29, 1.82) is 0 Å². The SMILES string of the molecule is C=CCC1=NCCN1C(C)O.C=CCC1=NCCN1C(C)O.O=C(O)CCl. The van der Waals surface area contributed by atoms with Crippen LogP contribution in [-0.4, -0.2) is 87.3 Å². The van der Waals surface area contributed by atoms with E-state index in [-0.39, 0.29) is 5.88 Å². The van der Waals surface area contributed by atoms with Gasteiger partial charge in [-0.25, -0.2) is 0 Å². The van der Waals surface area contributed by atoms with Crippen molar-refractivity contribution in [2.45, 2.75) is 39.1 Å². The highest BCUT2D eigenvalue weighted by atomic mass is 35.5. The molecule has 0 aromatic rings. The summed E-state index contributed by atoms with van der Waals surface area (Å²) in [6.07, 6.45) is 4.28. The molecule has 2 aliphatic rings. The van der Waals surface area contributed by atoms with Gasteiger partial charge in [0.05, 0.1) is 13.1 Å². The minimum Gasteiger partial charge on any atom is -0.480 e. The predicted octanol–water partition coefficient (Wildman–Crippen LogP) is 1.54. The van der Waals surface area contributed by atoms with Gasteiger partial charge in [-0.15, -0.1) is 24.8 Å². The lowest BCUT2D eigenvalue weighted by Gasteiger charge is -2.22. The Labute approximate surface area is 166 Å². The van der Waals surface area contributed by atoms with Crippen LogP contribution < -0.4 is 0 Å². The number of alkyl halides is 1. The topological polar surface area (TPSA) is 109 Å². The molecule has 2 heterocycles. The lowest BCUT2D eigenvalue weighted by Crippen LogP contribution is -2.35. The Morgan fingerprint density at radius 1 is 1.07 bits per heavy atom. The van der Waals surface area contributed by atoms with E-state index in [2.05, 4.69) is 23.1 Å². The summed E-state index contributed by atoms with van der Waals surface area (Å²) in [6, 6.07) is 0. The first-order chi connectivity index (χ1) is 12.8. The Hall–Kier alpha value is -1.90. The van der Waals surface area contributed by atoms with Crippen molar-refractivity contribution >= 4 is 29.2 Å². The molecule has 8 nitrogen and oxygen atoms in total. The first-order valence-corrected chi connectivity index (χ1v) is 9.27. The van der Waals surface area contributed by atoms with Crippen LogP contribution >= 0.6 is 11.6 Å². The van der Waals surface area contributed by atoms with Gasteiger partial charge in [-0.2, -0.15) is 0 Å². The Bertz CT molecular complexity index is 495. The lowest BCUT2D eigenvalue weighted by molar-refractivity contribution is -0.134. The van der Waals surface area contributed by atoms with Crippen molar-refractivity contribution < 1.29 is 20.1 Å². The first kappa shape index (κ1) is 25.1. The number of aliphatic carboxylic acids is 1. The van der Waals surface area contributed by atoms with E-state index in [0.29, 0.717) is 0 Å². The number of amidine groups is 2. The van der Waals surface area contributed by atoms with Crippen molar-refractivity contribution in [2.24, 2.45) is 9.98 Å². The molecule has 0 aromatic carbocycles. The van der Waals surface area contributed by atoms with E-state index in [4.69, 9.17) is 16.7 Å². The van der Waals surface area contributed by atoms with Crippen LogP contribution in [0.1, 0.15) is 26.7 Å². The number of nitrogens with zero attached hydrogens (tertiary/aromatic N) is 4. The summed E-state index contributed by atoms with van der Waals surface area (Å²) < 4.78 is 0. The number of aliphatic hydroxyl groups is 2. The summed E-state index contributed by atoms with van der Waals surface area (Å²) in [4.78, 5) is 21.5. The molecule has 0 saturated heterocycles. The van der Waals surface area contributed by atoms with E-state index >= 15 is 0 Å². The fourth-order valence-corrected chi connectivity index (χ4v) is 2.44. The summed E-state index contributed by atoms with van der Waals surface area (Å²) in [5.41, 5.74) is 0. The quantitative estimate of drug-likeness (QED) is 0.440. The van der Waals surface area contributed by atoms with Crippen molar-refractivity contribution in [2.75, 3.05) is 32.1 Å². The summed E-state index contributed by atoms with van der Waals surface area (Å²) in [5, 5.41) is 26.1. The molecule has 2 rings (SSSR count). The molecule has 0 spiro atoms. The third-order valence-electron chi connectivity index (χ3n) is 3.60. The highest BCUT2D eigenvalue weighted by Gasteiger charge is 2.19. The second kappa shape index (κ2) is 14.2. The van der Waals surface area contributed by atoms with Crippen LogP contribution in [0.3, 0.4) is 0 Å². The number of aliphatic hydroxyl groups excluding tert-OH is 2. The number of hydrogen-bond donors (Lipinski definition) is 3. The van der Waals surface area contributed by atoms with Gasteiger partial charge in [-0.3, -0.25) is 14.8 Å². The molecule has 27 heavy (non-hydrogen) atoms. The summed E-state index contributed by atoms with van der Waals surface area (Å²) in [5.74, 6) is 0.622. The molecular formula is C18H31ClN4O4. The third kappa shape index (κ3) is 10.1. The molecule has 2 aliphatic heterocycles. The van der Waals surface area contributed by atoms with Crippen LogP contribution in [0.25, 0.3) is 0 Å². The van der Waals surface area contributed by atoms with Gasteiger partial charge in [0.1, 0.15) is 30.0 Å². The number of hydrogen-bond acceptors (Lipinski definition) is 7. The van der Waals surface area contributed by atoms with Gasteiger partial charge in [0.2, 0.25) is 0 Å². The van der Waals surface area contributed by atoms with Crippen LogP contribution in [0.15, 0.2) is 35.3 Å². The molecule has 0 radical (unpaired) electrons. The minimum absolute atomic E-state index is 0.306. The second-order valence-corrected chi connectivity index (χ2v) is 6.03. The highest BCUT2D eigenvalue weighted by Crippen LogP contribution is 2.08. The van der Waals surface area contributed by atoms with E-state index in [1.54, 1.807) is 26.0 Å². The fourth-order valence-electron chi connectivity index (χ4n) is 2.44. The largest absolute Gasteiger partial charge is 0.480 e. The zero-order valence-corrected chi connectivity index (χ0v) is 16.8. The van der Waals surface area contributed by atoms with Crippen molar-refractivity contribution in [3.8, 4) is 0 Å². The van der Waals surface area contributed by atoms with Crippen molar-refractivity contribution in [1.82, 2.24) is 9.80 Å². The number of carboxylic acid groups (broad SMARTS) is 1. The number of halogens is 1. The van der Waals surface area contributed by atoms with E-state index in [1.807, 2.05) is 9.80 Å². The van der Waals surface area contributed by atoms with E-state index < -0.39 is 18.4 Å².